The summed E-state index contributed by atoms with van der Waals surface area (Å²) >= 11 is 0. The second kappa shape index (κ2) is 8.45. The van der Waals surface area contributed by atoms with Gasteiger partial charge < -0.3 is 10.2 Å². The maximum Gasteiger partial charge on any atom is 0.256 e. The number of carbonyl (C=O) groups excluding carboxylic acids is 2. The van der Waals surface area contributed by atoms with Crippen molar-refractivity contribution in [1.82, 2.24) is 10.2 Å². The predicted molar refractivity (Wildman–Crippen MR) is 94.6 cm³/mol. The molecule has 1 aliphatic carbocycles. The molecule has 25 heavy (non-hydrogen) atoms. The summed E-state index contributed by atoms with van der Waals surface area (Å²) in [5.74, 6) is 0.435. The quantitative estimate of drug-likeness (QED) is 0.889. The number of carbonyl (C=O) groups is 2. The van der Waals surface area contributed by atoms with Gasteiger partial charge in [0.05, 0.1) is 5.56 Å². The van der Waals surface area contributed by atoms with Crippen molar-refractivity contribution in [2.24, 2.45) is 11.8 Å². The molecule has 0 unspecified atom stereocenters. The molecule has 5 heteroatoms. The second-order valence-electron chi connectivity index (χ2n) is 7.37. The molecule has 4 nitrogen and oxygen atoms in total. The largest absolute Gasteiger partial charge is 0.356 e. The molecule has 0 aromatic heterocycles. The van der Waals surface area contributed by atoms with Gasteiger partial charge in [-0.1, -0.05) is 25.0 Å². The first-order valence-electron chi connectivity index (χ1n) is 9.44. The topological polar surface area (TPSA) is 49.4 Å². The number of rotatable bonds is 5. The lowest BCUT2D eigenvalue weighted by molar-refractivity contribution is -0.122. The smallest absolute Gasteiger partial charge is 0.256 e. The third-order valence-corrected chi connectivity index (χ3v) is 5.54. The Morgan fingerprint density at radius 3 is 2.40 bits per heavy atom. The van der Waals surface area contributed by atoms with Gasteiger partial charge in [-0.3, -0.25) is 9.59 Å². The lowest BCUT2D eigenvalue weighted by Gasteiger charge is -2.32. The van der Waals surface area contributed by atoms with Gasteiger partial charge in [0.15, 0.2) is 0 Å². The molecule has 1 aliphatic heterocycles. The fourth-order valence-corrected chi connectivity index (χ4v) is 3.95. The van der Waals surface area contributed by atoms with Crippen LogP contribution in [0.3, 0.4) is 0 Å². The molecule has 1 N–H and O–H groups in total. The van der Waals surface area contributed by atoms with Crippen LogP contribution >= 0.6 is 0 Å². The van der Waals surface area contributed by atoms with E-state index in [0.717, 1.165) is 12.8 Å². The van der Waals surface area contributed by atoms with Crippen LogP contribution in [0.5, 0.6) is 0 Å². The van der Waals surface area contributed by atoms with E-state index in [9.17, 15) is 14.0 Å². The van der Waals surface area contributed by atoms with Crippen LogP contribution in [0.4, 0.5) is 4.39 Å². The molecular weight excluding hydrogens is 319 g/mol. The van der Waals surface area contributed by atoms with E-state index in [-0.39, 0.29) is 17.4 Å². The minimum Gasteiger partial charge on any atom is -0.356 e. The monoisotopic (exact) mass is 346 g/mol. The highest BCUT2D eigenvalue weighted by Crippen LogP contribution is 2.27. The van der Waals surface area contributed by atoms with Crippen molar-refractivity contribution in [3.05, 3.63) is 35.6 Å². The molecule has 2 amide bonds. The standard InChI is InChI=1S/C20H27FN2O2/c21-18-8-4-3-7-17(18)20(25)23-11-9-16(10-12-23)14-22-19(24)13-15-5-1-2-6-15/h3-4,7-8,15-16H,1-2,5-6,9-14H2,(H,22,24). The van der Waals surface area contributed by atoms with Gasteiger partial charge in [-0.25, -0.2) is 4.39 Å². The van der Waals surface area contributed by atoms with Crippen molar-refractivity contribution in [2.45, 2.75) is 44.9 Å². The van der Waals surface area contributed by atoms with Crippen molar-refractivity contribution in [3.63, 3.8) is 0 Å². The summed E-state index contributed by atoms with van der Waals surface area (Å²) in [4.78, 5) is 26.1. The Balaban J connectivity index is 1.40. The Hall–Kier alpha value is -1.91. The molecule has 3 rings (SSSR count). The zero-order chi connectivity index (χ0) is 17.6. The third kappa shape index (κ3) is 4.80. The van der Waals surface area contributed by atoms with Crippen LogP contribution in [0, 0.1) is 17.7 Å². The molecule has 136 valence electrons. The Labute approximate surface area is 148 Å². The molecule has 1 aromatic carbocycles. The number of amides is 2. The summed E-state index contributed by atoms with van der Waals surface area (Å²) < 4.78 is 13.8. The first-order chi connectivity index (χ1) is 12.1. The third-order valence-electron chi connectivity index (χ3n) is 5.54. The average molecular weight is 346 g/mol. The first kappa shape index (κ1) is 17.9. The van der Waals surface area contributed by atoms with E-state index in [2.05, 4.69) is 5.32 Å². The Morgan fingerprint density at radius 1 is 1.04 bits per heavy atom. The maximum absolute atomic E-state index is 13.8. The highest BCUT2D eigenvalue weighted by molar-refractivity contribution is 5.94. The number of halogens is 1. The van der Waals surface area contributed by atoms with Gasteiger partial charge in [0, 0.05) is 26.1 Å². The van der Waals surface area contributed by atoms with Crippen LogP contribution in [0.25, 0.3) is 0 Å². The molecule has 2 aliphatic rings. The van der Waals surface area contributed by atoms with Crippen molar-refractivity contribution >= 4 is 11.8 Å². The van der Waals surface area contributed by atoms with Crippen LogP contribution in [-0.2, 0) is 4.79 Å². The Bertz CT molecular complexity index is 605. The molecule has 0 radical (unpaired) electrons. The summed E-state index contributed by atoms with van der Waals surface area (Å²) in [6.07, 6.45) is 7.24. The lowest BCUT2D eigenvalue weighted by Crippen LogP contribution is -2.42. The minimum absolute atomic E-state index is 0.144. The molecule has 1 aromatic rings. The number of benzene rings is 1. The van der Waals surface area contributed by atoms with Crippen LogP contribution in [0.15, 0.2) is 24.3 Å². The summed E-state index contributed by atoms with van der Waals surface area (Å²) in [7, 11) is 0. The zero-order valence-electron chi connectivity index (χ0n) is 14.7. The van der Waals surface area contributed by atoms with Crippen LogP contribution in [0.2, 0.25) is 0 Å². The molecule has 2 fully saturated rings. The molecule has 0 bridgehead atoms. The van der Waals surface area contributed by atoms with Crippen molar-refractivity contribution in [1.29, 1.82) is 0 Å². The zero-order valence-corrected chi connectivity index (χ0v) is 14.7. The minimum atomic E-state index is -0.464. The van der Waals surface area contributed by atoms with E-state index in [1.165, 1.54) is 37.8 Å². The van der Waals surface area contributed by atoms with Gasteiger partial charge in [0.1, 0.15) is 5.82 Å². The molecular formula is C20H27FN2O2. The van der Waals surface area contributed by atoms with E-state index in [1.54, 1.807) is 17.0 Å². The van der Waals surface area contributed by atoms with Crippen molar-refractivity contribution in [3.8, 4) is 0 Å². The molecule has 0 spiro atoms. The SMILES string of the molecule is O=C(CC1CCCC1)NCC1CCN(C(=O)c2ccccc2F)CC1. The van der Waals surface area contributed by atoms with E-state index < -0.39 is 5.82 Å². The van der Waals surface area contributed by atoms with Gasteiger partial charge >= 0.3 is 0 Å². The highest BCUT2D eigenvalue weighted by Gasteiger charge is 2.25. The molecule has 1 saturated heterocycles. The summed E-state index contributed by atoms with van der Waals surface area (Å²) in [5, 5.41) is 3.06. The Kier molecular flexibility index (Phi) is 6.05. The molecule has 1 saturated carbocycles. The molecule has 0 atom stereocenters. The molecule has 1 heterocycles. The highest BCUT2D eigenvalue weighted by atomic mass is 19.1. The second-order valence-corrected chi connectivity index (χ2v) is 7.37. The van der Waals surface area contributed by atoms with Crippen LogP contribution < -0.4 is 5.32 Å². The number of nitrogens with zero attached hydrogens (tertiary/aromatic N) is 1. The summed E-state index contributed by atoms with van der Waals surface area (Å²) in [6, 6.07) is 6.13. The lowest BCUT2D eigenvalue weighted by atomic mass is 9.96. The first-order valence-corrected chi connectivity index (χ1v) is 9.44. The number of nitrogens with one attached hydrogen (secondary N) is 1. The van der Waals surface area contributed by atoms with E-state index in [4.69, 9.17) is 0 Å². The van der Waals surface area contributed by atoms with Gasteiger partial charge in [-0.05, 0) is 49.7 Å². The fraction of sp³-hybridized carbons (Fsp3) is 0.600. The predicted octanol–water partition coefficient (Wildman–Crippen LogP) is 3.37. The van der Waals surface area contributed by atoms with E-state index in [1.807, 2.05) is 0 Å². The number of hydrogen-bond donors (Lipinski definition) is 1. The van der Waals surface area contributed by atoms with Crippen LogP contribution in [-0.4, -0.2) is 36.3 Å². The van der Waals surface area contributed by atoms with Gasteiger partial charge in [0.2, 0.25) is 5.91 Å². The number of hydrogen-bond acceptors (Lipinski definition) is 2. The summed E-state index contributed by atoms with van der Waals surface area (Å²) in [6.45, 7) is 1.93. The van der Waals surface area contributed by atoms with E-state index in [0.29, 0.717) is 37.9 Å². The average Bonchev–Trinajstić information content (AvgIpc) is 3.13. The van der Waals surface area contributed by atoms with Gasteiger partial charge in [0.25, 0.3) is 5.91 Å². The number of likely N-dealkylation sites (tertiary alicyclic amines) is 1. The van der Waals surface area contributed by atoms with Crippen molar-refractivity contribution < 1.29 is 14.0 Å². The van der Waals surface area contributed by atoms with Gasteiger partial charge in [-0.2, -0.15) is 0 Å². The Morgan fingerprint density at radius 2 is 1.72 bits per heavy atom. The van der Waals surface area contributed by atoms with Crippen LogP contribution in [0.1, 0.15) is 55.3 Å². The van der Waals surface area contributed by atoms with Crippen molar-refractivity contribution in [2.75, 3.05) is 19.6 Å². The number of piperidine rings is 1. The maximum atomic E-state index is 13.8. The summed E-state index contributed by atoms with van der Waals surface area (Å²) in [5.41, 5.74) is 0.144. The van der Waals surface area contributed by atoms with E-state index >= 15 is 0 Å². The normalized spacial score (nSPS) is 19.2. The fourth-order valence-electron chi connectivity index (χ4n) is 3.95. The van der Waals surface area contributed by atoms with Gasteiger partial charge in [-0.15, -0.1) is 0 Å².